The number of piperazine rings is 1. The first kappa shape index (κ1) is 23.1. The third kappa shape index (κ3) is 5.68. The summed E-state index contributed by atoms with van der Waals surface area (Å²) in [4.78, 5) is 24.3. The number of aromatic nitrogens is 2. The molecular formula is C20H28FIN6O. The summed E-state index contributed by atoms with van der Waals surface area (Å²) in [7, 11) is 0. The minimum Gasteiger partial charge on any atom is -0.357 e. The smallest absolute Gasteiger partial charge is 0.219 e. The molecule has 29 heavy (non-hydrogen) atoms. The number of nitrogens with zero attached hydrogens (tertiary/aromatic N) is 5. The molecule has 0 aliphatic carbocycles. The highest BCUT2D eigenvalue weighted by Crippen LogP contribution is 2.17. The van der Waals surface area contributed by atoms with E-state index in [1.54, 1.807) is 30.0 Å². The second kappa shape index (κ2) is 10.6. The van der Waals surface area contributed by atoms with E-state index in [0.717, 1.165) is 37.0 Å². The van der Waals surface area contributed by atoms with Crippen molar-refractivity contribution < 1.29 is 9.18 Å². The topological polar surface area (TPSA) is 65.8 Å². The molecule has 0 unspecified atom stereocenters. The van der Waals surface area contributed by atoms with Crippen LogP contribution in [0.25, 0.3) is 5.69 Å². The van der Waals surface area contributed by atoms with E-state index >= 15 is 0 Å². The highest BCUT2D eigenvalue weighted by atomic mass is 127. The van der Waals surface area contributed by atoms with Gasteiger partial charge in [-0.1, -0.05) is 6.07 Å². The molecule has 1 fully saturated rings. The van der Waals surface area contributed by atoms with Crippen LogP contribution in [0.4, 0.5) is 4.39 Å². The molecule has 1 aliphatic rings. The monoisotopic (exact) mass is 514 g/mol. The third-order valence-electron chi connectivity index (χ3n) is 4.87. The molecule has 158 valence electrons. The number of benzene rings is 1. The fraction of sp³-hybridized carbons (Fsp3) is 0.450. The van der Waals surface area contributed by atoms with Crippen LogP contribution in [0.2, 0.25) is 0 Å². The molecule has 3 rings (SSSR count). The average Bonchev–Trinajstić information content (AvgIpc) is 3.11. The number of rotatable bonds is 4. The number of hydrogen-bond donors (Lipinski definition) is 1. The highest BCUT2D eigenvalue weighted by molar-refractivity contribution is 14.0. The fourth-order valence-corrected chi connectivity index (χ4v) is 3.30. The SMILES string of the molecule is CCNC(=NCc1ccc(-n2ccnc2C)c(F)c1)N1CCN(C(C)=O)CC1.I. The lowest BCUT2D eigenvalue weighted by molar-refractivity contribution is -0.130. The van der Waals surface area contributed by atoms with Gasteiger partial charge in [0, 0.05) is 52.0 Å². The predicted octanol–water partition coefficient (Wildman–Crippen LogP) is 2.57. The van der Waals surface area contributed by atoms with Crippen molar-refractivity contribution in [3.05, 3.63) is 47.8 Å². The molecule has 0 saturated carbocycles. The summed E-state index contributed by atoms with van der Waals surface area (Å²) in [6.07, 6.45) is 3.40. The van der Waals surface area contributed by atoms with Gasteiger partial charge in [-0.15, -0.1) is 24.0 Å². The van der Waals surface area contributed by atoms with E-state index in [-0.39, 0.29) is 35.7 Å². The van der Waals surface area contributed by atoms with Gasteiger partial charge in [-0.3, -0.25) is 4.79 Å². The molecule has 1 amide bonds. The maximum Gasteiger partial charge on any atom is 0.219 e. The maximum absolute atomic E-state index is 14.6. The van der Waals surface area contributed by atoms with E-state index in [2.05, 4.69) is 20.2 Å². The van der Waals surface area contributed by atoms with Gasteiger partial charge >= 0.3 is 0 Å². The molecule has 1 aliphatic heterocycles. The number of guanidine groups is 1. The summed E-state index contributed by atoms with van der Waals surface area (Å²) >= 11 is 0. The lowest BCUT2D eigenvalue weighted by Crippen LogP contribution is -2.53. The van der Waals surface area contributed by atoms with Gasteiger partial charge in [-0.05, 0) is 31.5 Å². The summed E-state index contributed by atoms with van der Waals surface area (Å²) in [5.41, 5.74) is 1.28. The average molecular weight is 514 g/mol. The van der Waals surface area contributed by atoms with Crippen LogP contribution in [-0.2, 0) is 11.3 Å². The molecule has 0 spiro atoms. The van der Waals surface area contributed by atoms with Crippen molar-refractivity contribution in [2.24, 2.45) is 4.99 Å². The van der Waals surface area contributed by atoms with Gasteiger partial charge in [0.15, 0.2) is 5.96 Å². The van der Waals surface area contributed by atoms with E-state index in [0.29, 0.717) is 25.3 Å². The first-order chi connectivity index (χ1) is 13.5. The Balaban J connectivity index is 0.00000300. The van der Waals surface area contributed by atoms with E-state index in [1.807, 2.05) is 24.8 Å². The number of hydrogen-bond acceptors (Lipinski definition) is 3. The van der Waals surface area contributed by atoms with E-state index in [9.17, 15) is 9.18 Å². The second-order valence-corrected chi connectivity index (χ2v) is 6.79. The Kier molecular flexibility index (Phi) is 8.42. The zero-order chi connectivity index (χ0) is 20.1. The van der Waals surface area contributed by atoms with Crippen LogP contribution in [0.1, 0.15) is 25.2 Å². The number of carbonyl (C=O) groups excluding carboxylic acids is 1. The minimum atomic E-state index is -0.297. The number of aryl methyl sites for hydroxylation is 1. The molecule has 7 nitrogen and oxygen atoms in total. The summed E-state index contributed by atoms with van der Waals surface area (Å²) in [6, 6.07) is 5.17. The van der Waals surface area contributed by atoms with Crippen LogP contribution < -0.4 is 5.32 Å². The Morgan fingerprint density at radius 1 is 1.24 bits per heavy atom. The lowest BCUT2D eigenvalue weighted by Gasteiger charge is -2.36. The summed E-state index contributed by atoms with van der Waals surface area (Å²) < 4.78 is 16.3. The van der Waals surface area contributed by atoms with Crippen LogP contribution in [0, 0.1) is 12.7 Å². The second-order valence-electron chi connectivity index (χ2n) is 6.79. The quantitative estimate of drug-likeness (QED) is 0.387. The molecule has 0 atom stereocenters. The fourth-order valence-electron chi connectivity index (χ4n) is 3.30. The highest BCUT2D eigenvalue weighted by Gasteiger charge is 2.20. The van der Waals surface area contributed by atoms with Gasteiger partial charge < -0.3 is 19.7 Å². The molecule has 1 saturated heterocycles. The summed E-state index contributed by atoms with van der Waals surface area (Å²) in [5.74, 6) is 1.34. The summed E-state index contributed by atoms with van der Waals surface area (Å²) in [5, 5.41) is 3.29. The molecule has 9 heteroatoms. The van der Waals surface area contributed by atoms with E-state index < -0.39 is 0 Å². The van der Waals surface area contributed by atoms with Crippen molar-refractivity contribution in [2.45, 2.75) is 27.3 Å². The molecular weight excluding hydrogens is 486 g/mol. The standard InChI is InChI=1S/C20H27FN6O.HI/c1-4-22-20(26-11-9-25(10-12-26)16(3)28)24-14-17-5-6-19(18(21)13-17)27-8-7-23-15(27)2;/h5-8,13H,4,9-12,14H2,1-3H3,(H,22,24);1H. The van der Waals surface area contributed by atoms with Crippen LogP contribution in [0.5, 0.6) is 0 Å². The normalized spacial score (nSPS) is 14.6. The summed E-state index contributed by atoms with van der Waals surface area (Å²) in [6.45, 7) is 9.43. The number of carbonyl (C=O) groups is 1. The van der Waals surface area contributed by atoms with Gasteiger partial charge in [-0.2, -0.15) is 0 Å². The van der Waals surface area contributed by atoms with Crippen molar-refractivity contribution in [1.82, 2.24) is 24.7 Å². The Bertz CT molecular complexity index is 860. The van der Waals surface area contributed by atoms with Crippen LogP contribution in [-0.4, -0.2) is 63.9 Å². The maximum atomic E-state index is 14.6. The van der Waals surface area contributed by atoms with Crippen molar-refractivity contribution in [1.29, 1.82) is 0 Å². The van der Waals surface area contributed by atoms with Gasteiger partial charge in [0.05, 0.1) is 12.2 Å². The first-order valence-electron chi connectivity index (χ1n) is 9.57. The number of imidazole rings is 1. The minimum absolute atomic E-state index is 0. The van der Waals surface area contributed by atoms with E-state index in [4.69, 9.17) is 0 Å². The van der Waals surface area contributed by atoms with Crippen LogP contribution in [0.3, 0.4) is 0 Å². The van der Waals surface area contributed by atoms with Gasteiger partial charge in [-0.25, -0.2) is 14.4 Å². The Morgan fingerprint density at radius 2 is 1.93 bits per heavy atom. The molecule has 2 aromatic rings. The predicted molar refractivity (Wildman–Crippen MR) is 122 cm³/mol. The third-order valence-corrected chi connectivity index (χ3v) is 4.87. The lowest BCUT2D eigenvalue weighted by atomic mass is 10.2. The molecule has 2 heterocycles. The van der Waals surface area contributed by atoms with Gasteiger partial charge in [0.1, 0.15) is 11.6 Å². The number of aliphatic imine (C=N–C) groups is 1. The first-order valence-corrected chi connectivity index (χ1v) is 9.57. The van der Waals surface area contributed by atoms with Crippen LogP contribution in [0.15, 0.2) is 35.6 Å². The van der Waals surface area contributed by atoms with Crippen molar-refractivity contribution >= 4 is 35.8 Å². The van der Waals surface area contributed by atoms with Gasteiger partial charge in [0.2, 0.25) is 5.91 Å². The Hall–Kier alpha value is -2.17. The number of nitrogens with one attached hydrogen (secondary N) is 1. The zero-order valence-electron chi connectivity index (χ0n) is 17.1. The Morgan fingerprint density at radius 3 is 2.48 bits per heavy atom. The number of halogens is 2. The zero-order valence-corrected chi connectivity index (χ0v) is 19.4. The number of amides is 1. The molecule has 1 aromatic heterocycles. The Labute approximate surface area is 188 Å². The molecule has 0 radical (unpaired) electrons. The van der Waals surface area contributed by atoms with Crippen molar-refractivity contribution in [2.75, 3.05) is 32.7 Å². The molecule has 1 aromatic carbocycles. The molecule has 0 bridgehead atoms. The van der Waals surface area contributed by atoms with Crippen LogP contribution >= 0.6 is 24.0 Å². The van der Waals surface area contributed by atoms with Crippen molar-refractivity contribution in [3.63, 3.8) is 0 Å². The molecule has 1 N–H and O–H groups in total. The van der Waals surface area contributed by atoms with E-state index in [1.165, 1.54) is 6.07 Å². The largest absolute Gasteiger partial charge is 0.357 e. The van der Waals surface area contributed by atoms with Gasteiger partial charge in [0.25, 0.3) is 0 Å². The van der Waals surface area contributed by atoms with Crippen molar-refractivity contribution in [3.8, 4) is 5.69 Å².